The van der Waals surface area contributed by atoms with Crippen LogP contribution in [0.15, 0.2) is 84.9 Å². The molecule has 0 aromatic heterocycles. The number of rotatable bonds is 6. The molecule has 0 spiro atoms. The van der Waals surface area contributed by atoms with Crippen LogP contribution in [0.4, 0.5) is 0 Å². The molecule has 1 aliphatic heterocycles. The number of hydrogen-bond acceptors (Lipinski definition) is 6. The molecule has 3 aromatic rings. The van der Waals surface area contributed by atoms with Crippen molar-refractivity contribution in [3.05, 3.63) is 102 Å². The van der Waals surface area contributed by atoms with Gasteiger partial charge >= 0.3 is 5.97 Å². The van der Waals surface area contributed by atoms with Crippen molar-refractivity contribution in [2.45, 2.75) is 50.6 Å². The molecule has 1 aliphatic rings. The summed E-state index contributed by atoms with van der Waals surface area (Å²) in [5.41, 5.74) is 2.26. The first-order valence-electron chi connectivity index (χ1n) is 14.7. The molecule has 4 rings (SSSR count). The lowest BCUT2D eigenvalue weighted by Crippen LogP contribution is -2.53. The maximum absolute atomic E-state index is 13.6. The van der Waals surface area contributed by atoms with Gasteiger partial charge < -0.3 is 25.0 Å². The van der Waals surface area contributed by atoms with Gasteiger partial charge in [0.25, 0.3) is 5.91 Å². The molecule has 226 valence electrons. The molecule has 2 N–H and O–H groups in total. The number of fused-ring (bicyclic) bond motifs is 1. The van der Waals surface area contributed by atoms with E-state index >= 15 is 0 Å². The zero-order valence-electron chi connectivity index (χ0n) is 24.5. The highest BCUT2D eigenvalue weighted by Gasteiger charge is 2.29. The molecule has 2 atom stereocenters. The predicted octanol–water partition coefficient (Wildman–Crippen LogP) is 3.71. The Morgan fingerprint density at radius 2 is 1.56 bits per heavy atom. The Hall–Kier alpha value is -4.66. The number of esters is 1. The van der Waals surface area contributed by atoms with Gasteiger partial charge in [-0.2, -0.15) is 0 Å². The van der Waals surface area contributed by atoms with Gasteiger partial charge in [0.1, 0.15) is 17.8 Å². The van der Waals surface area contributed by atoms with E-state index in [0.717, 1.165) is 11.1 Å². The first kappa shape index (κ1) is 31.3. The molecule has 3 aromatic carbocycles. The number of nitrogens with zero attached hydrogens (tertiary/aromatic N) is 1. The van der Waals surface area contributed by atoms with Crippen LogP contribution in [0.2, 0.25) is 0 Å². The maximum atomic E-state index is 13.6. The molecular formula is C34H39N3O6. The normalized spacial score (nSPS) is 18.8. The summed E-state index contributed by atoms with van der Waals surface area (Å²) >= 11 is 0. The molecule has 0 saturated carbocycles. The number of para-hydroxylation sites is 1. The van der Waals surface area contributed by atoms with Crippen LogP contribution in [0, 0.1) is 0 Å². The quantitative estimate of drug-likeness (QED) is 0.427. The second-order valence-corrected chi connectivity index (χ2v) is 10.5. The number of amides is 3. The summed E-state index contributed by atoms with van der Waals surface area (Å²) in [7, 11) is 1.24. The smallest absolute Gasteiger partial charge is 0.328 e. The van der Waals surface area contributed by atoms with Gasteiger partial charge in [-0.1, -0.05) is 72.8 Å². The third-order valence-electron chi connectivity index (χ3n) is 7.43. The molecular weight excluding hydrogens is 546 g/mol. The molecule has 2 unspecified atom stereocenters. The van der Waals surface area contributed by atoms with Crippen LogP contribution in [0.3, 0.4) is 0 Å². The van der Waals surface area contributed by atoms with E-state index in [0.29, 0.717) is 50.3 Å². The highest BCUT2D eigenvalue weighted by atomic mass is 16.5. The van der Waals surface area contributed by atoms with Gasteiger partial charge in [-0.15, -0.1) is 0 Å². The molecule has 9 nitrogen and oxygen atoms in total. The first-order chi connectivity index (χ1) is 20.9. The van der Waals surface area contributed by atoms with Crippen molar-refractivity contribution in [1.82, 2.24) is 15.5 Å². The summed E-state index contributed by atoms with van der Waals surface area (Å²) in [5, 5.41) is 5.57. The topological polar surface area (TPSA) is 114 Å². The molecule has 0 saturated heterocycles. The number of ether oxygens (including phenoxy) is 2. The minimum Gasteiger partial charge on any atom is -0.493 e. The van der Waals surface area contributed by atoms with Gasteiger partial charge in [0.15, 0.2) is 0 Å². The van der Waals surface area contributed by atoms with Crippen molar-refractivity contribution < 1.29 is 28.7 Å². The van der Waals surface area contributed by atoms with Gasteiger partial charge in [0, 0.05) is 25.9 Å². The molecule has 3 amide bonds. The molecule has 0 aliphatic carbocycles. The van der Waals surface area contributed by atoms with E-state index in [1.54, 1.807) is 29.2 Å². The Balaban J connectivity index is 1.59. The summed E-state index contributed by atoms with van der Waals surface area (Å²) < 4.78 is 11.0. The molecule has 0 radical (unpaired) electrons. The lowest BCUT2D eigenvalue weighted by Gasteiger charge is -2.25. The molecule has 0 fully saturated rings. The lowest BCUT2D eigenvalue weighted by atomic mass is 10.0. The number of hydrogen-bond donors (Lipinski definition) is 2. The number of carbonyl (C=O) groups excluding carboxylic acids is 4. The standard InChI is InChI=1S/C34H39N3O6/c1-42-34(41)28-18-19-31(38)37(22-20-25-12-4-2-5-13-25)21-10-11-23-43-30-17-9-8-16-27(30)32(39)36-29(33(40)35-28)24-26-14-6-3-7-15-26/h2-9,12-17,28-29H,10-11,18-24H2,1H3,(H,35,40)(H,36,39). The Kier molecular flexibility index (Phi) is 11.7. The summed E-state index contributed by atoms with van der Waals surface area (Å²) in [5.74, 6) is -1.37. The van der Waals surface area contributed by atoms with E-state index in [2.05, 4.69) is 10.6 Å². The van der Waals surface area contributed by atoms with Crippen molar-refractivity contribution in [1.29, 1.82) is 0 Å². The number of methoxy groups -OCH3 is 1. The Morgan fingerprint density at radius 3 is 2.28 bits per heavy atom. The van der Waals surface area contributed by atoms with Crippen LogP contribution in [0.5, 0.6) is 5.75 Å². The monoisotopic (exact) mass is 585 g/mol. The first-order valence-corrected chi connectivity index (χ1v) is 14.7. The third kappa shape index (κ3) is 9.43. The van der Waals surface area contributed by atoms with Crippen LogP contribution in [0.1, 0.15) is 47.2 Å². The lowest BCUT2D eigenvalue weighted by molar-refractivity contribution is -0.145. The molecule has 0 bridgehead atoms. The average molecular weight is 586 g/mol. The number of benzene rings is 3. The Bertz CT molecular complexity index is 1360. The minimum absolute atomic E-state index is 0.0481. The van der Waals surface area contributed by atoms with Crippen molar-refractivity contribution in [3.8, 4) is 5.75 Å². The second kappa shape index (κ2) is 16.1. The van der Waals surface area contributed by atoms with E-state index in [1.807, 2.05) is 60.7 Å². The molecule has 1 heterocycles. The van der Waals surface area contributed by atoms with Crippen LogP contribution >= 0.6 is 0 Å². The van der Waals surface area contributed by atoms with Gasteiger partial charge in [0.2, 0.25) is 11.8 Å². The Morgan fingerprint density at radius 1 is 0.884 bits per heavy atom. The van der Waals surface area contributed by atoms with Gasteiger partial charge in [-0.05, 0) is 48.9 Å². The molecule has 9 heteroatoms. The predicted molar refractivity (Wildman–Crippen MR) is 162 cm³/mol. The highest BCUT2D eigenvalue weighted by molar-refractivity contribution is 6.00. The zero-order valence-corrected chi connectivity index (χ0v) is 24.5. The van der Waals surface area contributed by atoms with Gasteiger partial charge in [-0.3, -0.25) is 14.4 Å². The summed E-state index contributed by atoms with van der Waals surface area (Å²) in [4.78, 5) is 55.0. The fraction of sp³-hybridized carbons (Fsp3) is 0.353. The van der Waals surface area contributed by atoms with Gasteiger partial charge in [-0.25, -0.2) is 4.79 Å². The second-order valence-electron chi connectivity index (χ2n) is 10.5. The van der Waals surface area contributed by atoms with E-state index < -0.39 is 29.9 Å². The highest BCUT2D eigenvalue weighted by Crippen LogP contribution is 2.19. The van der Waals surface area contributed by atoms with Crippen molar-refractivity contribution >= 4 is 23.7 Å². The van der Waals surface area contributed by atoms with Crippen molar-refractivity contribution in [2.75, 3.05) is 26.8 Å². The van der Waals surface area contributed by atoms with Crippen LogP contribution in [-0.4, -0.2) is 67.5 Å². The number of nitrogens with one attached hydrogen (secondary N) is 2. The van der Waals surface area contributed by atoms with E-state index in [1.165, 1.54) is 7.11 Å². The summed E-state index contributed by atoms with van der Waals surface area (Å²) in [6.45, 7) is 1.41. The maximum Gasteiger partial charge on any atom is 0.328 e. The average Bonchev–Trinajstić information content (AvgIpc) is 3.04. The third-order valence-corrected chi connectivity index (χ3v) is 7.43. The summed E-state index contributed by atoms with van der Waals surface area (Å²) in [6, 6.07) is 24.1. The van der Waals surface area contributed by atoms with Crippen LogP contribution in [0.25, 0.3) is 0 Å². The van der Waals surface area contributed by atoms with E-state index in [4.69, 9.17) is 9.47 Å². The SMILES string of the molecule is COC(=O)C1CCC(=O)N(CCc2ccccc2)CCCCOc2ccccc2C(=O)NC(Cc2ccccc2)C(=O)N1. The zero-order chi connectivity index (χ0) is 30.4. The largest absolute Gasteiger partial charge is 0.493 e. The summed E-state index contributed by atoms with van der Waals surface area (Å²) in [6.07, 6.45) is 2.38. The van der Waals surface area contributed by atoms with Crippen molar-refractivity contribution in [2.24, 2.45) is 0 Å². The van der Waals surface area contributed by atoms with E-state index in [-0.39, 0.29) is 25.2 Å². The van der Waals surface area contributed by atoms with Crippen LogP contribution < -0.4 is 15.4 Å². The van der Waals surface area contributed by atoms with Gasteiger partial charge in [0.05, 0.1) is 19.3 Å². The molecule has 43 heavy (non-hydrogen) atoms. The van der Waals surface area contributed by atoms with Crippen LogP contribution in [-0.2, 0) is 32.0 Å². The fourth-order valence-corrected chi connectivity index (χ4v) is 5.02. The van der Waals surface area contributed by atoms with E-state index in [9.17, 15) is 19.2 Å². The number of carbonyl (C=O) groups is 4. The Labute approximate surface area is 252 Å². The van der Waals surface area contributed by atoms with Crippen molar-refractivity contribution in [3.63, 3.8) is 0 Å². The minimum atomic E-state index is -1.06. The fourth-order valence-electron chi connectivity index (χ4n) is 5.02.